The number of benzene rings is 2. The number of anilines is 2. The van der Waals surface area contributed by atoms with Crippen molar-refractivity contribution < 1.29 is 4.79 Å². The fraction of sp³-hybridized carbons (Fsp3) is 0.188. The van der Waals surface area contributed by atoms with E-state index in [9.17, 15) is 4.79 Å². The maximum absolute atomic E-state index is 12.8. The number of fused-ring (bicyclic) bond motifs is 1. The van der Waals surface area contributed by atoms with E-state index < -0.39 is 0 Å². The molecule has 4 heteroatoms. The van der Waals surface area contributed by atoms with Crippen molar-refractivity contribution in [3.8, 4) is 0 Å². The van der Waals surface area contributed by atoms with Crippen LogP contribution in [0.5, 0.6) is 0 Å². The molecular weight excluding hydrogens is 272 g/mol. The SMILES string of the molecule is CC1Cc2ccccc2N1C(=O)c1cccc(N)c1Cl. The lowest BCUT2D eigenvalue weighted by Gasteiger charge is -2.23. The zero-order valence-corrected chi connectivity index (χ0v) is 11.9. The second kappa shape index (κ2) is 4.84. The van der Waals surface area contributed by atoms with Gasteiger partial charge in [0.15, 0.2) is 0 Å². The van der Waals surface area contributed by atoms with Crippen LogP contribution in [-0.4, -0.2) is 11.9 Å². The van der Waals surface area contributed by atoms with Crippen LogP contribution in [0.2, 0.25) is 5.02 Å². The number of carbonyl (C=O) groups excluding carboxylic acids is 1. The monoisotopic (exact) mass is 286 g/mol. The molecule has 102 valence electrons. The van der Waals surface area contributed by atoms with Gasteiger partial charge in [0, 0.05) is 11.7 Å². The zero-order chi connectivity index (χ0) is 14.3. The first-order valence-electron chi connectivity index (χ1n) is 6.55. The van der Waals surface area contributed by atoms with Crippen LogP contribution >= 0.6 is 11.6 Å². The summed E-state index contributed by atoms with van der Waals surface area (Å²) in [7, 11) is 0. The third kappa shape index (κ3) is 1.95. The standard InChI is InChI=1S/C16H15ClN2O/c1-10-9-11-5-2-3-8-14(11)19(10)16(20)12-6-4-7-13(18)15(12)17/h2-8,10H,9,18H2,1H3. The minimum absolute atomic E-state index is 0.0975. The van der Waals surface area contributed by atoms with E-state index in [1.54, 1.807) is 23.1 Å². The minimum Gasteiger partial charge on any atom is -0.398 e. The van der Waals surface area contributed by atoms with Crippen molar-refractivity contribution in [2.24, 2.45) is 0 Å². The first kappa shape index (κ1) is 13.0. The molecule has 20 heavy (non-hydrogen) atoms. The van der Waals surface area contributed by atoms with Crippen molar-refractivity contribution in [3.63, 3.8) is 0 Å². The Balaban J connectivity index is 2.05. The summed E-state index contributed by atoms with van der Waals surface area (Å²) in [6.45, 7) is 2.04. The molecule has 2 aromatic carbocycles. The first-order valence-corrected chi connectivity index (χ1v) is 6.93. The van der Waals surface area contributed by atoms with Crippen LogP contribution < -0.4 is 10.6 Å². The second-order valence-corrected chi connectivity index (χ2v) is 5.44. The van der Waals surface area contributed by atoms with Crippen molar-refractivity contribution in [2.45, 2.75) is 19.4 Å². The van der Waals surface area contributed by atoms with Gasteiger partial charge in [-0.3, -0.25) is 4.79 Å². The van der Waals surface area contributed by atoms with Crippen LogP contribution in [0.15, 0.2) is 42.5 Å². The third-order valence-electron chi connectivity index (χ3n) is 3.69. The lowest BCUT2D eigenvalue weighted by atomic mass is 10.1. The summed E-state index contributed by atoms with van der Waals surface area (Å²) in [6.07, 6.45) is 0.863. The van der Waals surface area contributed by atoms with Gasteiger partial charge < -0.3 is 10.6 Å². The molecule has 0 aliphatic carbocycles. The smallest absolute Gasteiger partial charge is 0.260 e. The number of nitrogens with zero attached hydrogens (tertiary/aromatic N) is 1. The van der Waals surface area contributed by atoms with E-state index in [-0.39, 0.29) is 11.9 Å². The maximum Gasteiger partial charge on any atom is 0.260 e. The van der Waals surface area contributed by atoms with E-state index >= 15 is 0 Å². The van der Waals surface area contributed by atoms with Crippen molar-refractivity contribution >= 4 is 28.9 Å². The quantitative estimate of drug-likeness (QED) is 0.816. The molecule has 0 bridgehead atoms. The highest BCUT2D eigenvalue weighted by molar-refractivity contribution is 6.37. The Morgan fingerprint density at radius 3 is 2.80 bits per heavy atom. The maximum atomic E-state index is 12.8. The highest BCUT2D eigenvalue weighted by atomic mass is 35.5. The number of para-hydroxylation sites is 1. The Morgan fingerprint density at radius 1 is 1.25 bits per heavy atom. The van der Waals surface area contributed by atoms with Crippen LogP contribution in [0, 0.1) is 0 Å². The van der Waals surface area contributed by atoms with Crippen molar-refractivity contribution in [3.05, 3.63) is 58.6 Å². The predicted octanol–water partition coefficient (Wildman–Crippen LogP) is 3.51. The Kier molecular flexibility index (Phi) is 3.14. The minimum atomic E-state index is -0.0975. The summed E-state index contributed by atoms with van der Waals surface area (Å²) in [4.78, 5) is 14.6. The first-order chi connectivity index (χ1) is 9.59. The zero-order valence-electron chi connectivity index (χ0n) is 11.1. The Hall–Kier alpha value is -2.00. The van der Waals surface area contributed by atoms with Crippen LogP contribution in [0.3, 0.4) is 0 Å². The summed E-state index contributed by atoms with van der Waals surface area (Å²) < 4.78 is 0. The molecule has 0 saturated heterocycles. The number of halogens is 1. The molecule has 1 atom stereocenters. The fourth-order valence-electron chi connectivity index (χ4n) is 2.72. The van der Waals surface area contributed by atoms with Crippen molar-refractivity contribution in [1.82, 2.24) is 0 Å². The van der Waals surface area contributed by atoms with Gasteiger partial charge in [-0.2, -0.15) is 0 Å². The number of carbonyl (C=O) groups is 1. The highest BCUT2D eigenvalue weighted by Gasteiger charge is 2.32. The molecule has 1 heterocycles. The Morgan fingerprint density at radius 2 is 2.00 bits per heavy atom. The Labute approximate surface area is 123 Å². The van der Waals surface area contributed by atoms with Gasteiger partial charge in [0.25, 0.3) is 5.91 Å². The van der Waals surface area contributed by atoms with E-state index in [1.165, 1.54) is 5.56 Å². The van der Waals surface area contributed by atoms with Gasteiger partial charge in [0.2, 0.25) is 0 Å². The lowest BCUT2D eigenvalue weighted by molar-refractivity contribution is 0.0981. The van der Waals surface area contributed by atoms with Crippen molar-refractivity contribution in [2.75, 3.05) is 10.6 Å². The number of hydrogen-bond acceptors (Lipinski definition) is 2. The number of rotatable bonds is 1. The van der Waals surface area contributed by atoms with Gasteiger partial charge in [-0.15, -0.1) is 0 Å². The molecule has 0 fully saturated rings. The van der Waals surface area contributed by atoms with Gasteiger partial charge in [0.1, 0.15) is 0 Å². The largest absolute Gasteiger partial charge is 0.398 e. The van der Waals surface area contributed by atoms with Crippen LogP contribution in [0.25, 0.3) is 0 Å². The molecule has 1 amide bonds. The molecule has 0 saturated carbocycles. The van der Waals surface area contributed by atoms with Crippen LogP contribution in [-0.2, 0) is 6.42 Å². The molecule has 0 spiro atoms. The lowest BCUT2D eigenvalue weighted by Crippen LogP contribution is -2.35. The average molecular weight is 287 g/mol. The van der Waals surface area contributed by atoms with Crippen LogP contribution in [0.1, 0.15) is 22.8 Å². The van der Waals surface area contributed by atoms with E-state index in [2.05, 4.69) is 6.07 Å². The molecule has 3 rings (SSSR count). The molecular formula is C16H15ClN2O. The summed E-state index contributed by atoms with van der Waals surface area (Å²) in [5.74, 6) is -0.0975. The second-order valence-electron chi connectivity index (χ2n) is 5.07. The summed E-state index contributed by atoms with van der Waals surface area (Å²) in [5.41, 5.74) is 8.82. The molecule has 0 aromatic heterocycles. The van der Waals surface area contributed by atoms with Gasteiger partial charge >= 0.3 is 0 Å². The van der Waals surface area contributed by atoms with E-state index in [4.69, 9.17) is 17.3 Å². The molecule has 2 aromatic rings. The highest BCUT2D eigenvalue weighted by Crippen LogP contribution is 2.34. The van der Waals surface area contributed by atoms with Gasteiger partial charge in [0.05, 0.1) is 16.3 Å². The topological polar surface area (TPSA) is 46.3 Å². The summed E-state index contributed by atoms with van der Waals surface area (Å²) >= 11 is 6.17. The molecule has 1 aliphatic heterocycles. The van der Waals surface area contributed by atoms with E-state index in [0.29, 0.717) is 16.3 Å². The van der Waals surface area contributed by atoms with E-state index in [1.807, 2.05) is 25.1 Å². The molecule has 1 aliphatic rings. The number of amides is 1. The Bertz CT molecular complexity index is 684. The molecule has 3 nitrogen and oxygen atoms in total. The van der Waals surface area contributed by atoms with Gasteiger partial charge in [-0.25, -0.2) is 0 Å². The summed E-state index contributed by atoms with van der Waals surface area (Å²) in [6, 6.07) is 13.2. The number of nitrogens with two attached hydrogens (primary N) is 1. The van der Waals surface area contributed by atoms with E-state index in [0.717, 1.165) is 12.1 Å². The molecule has 0 radical (unpaired) electrons. The van der Waals surface area contributed by atoms with Gasteiger partial charge in [-0.1, -0.05) is 35.9 Å². The van der Waals surface area contributed by atoms with Crippen LogP contribution in [0.4, 0.5) is 11.4 Å². The normalized spacial score (nSPS) is 17.1. The predicted molar refractivity (Wildman–Crippen MR) is 82.3 cm³/mol. The molecule has 1 unspecified atom stereocenters. The average Bonchev–Trinajstić information content (AvgIpc) is 2.77. The number of hydrogen-bond donors (Lipinski definition) is 1. The fourth-order valence-corrected chi connectivity index (χ4v) is 2.93. The summed E-state index contributed by atoms with van der Waals surface area (Å²) in [5, 5.41) is 0.328. The third-order valence-corrected chi connectivity index (χ3v) is 4.11. The van der Waals surface area contributed by atoms with Crippen molar-refractivity contribution in [1.29, 1.82) is 0 Å². The number of nitrogen functional groups attached to an aromatic ring is 1. The van der Waals surface area contributed by atoms with Gasteiger partial charge in [-0.05, 0) is 37.1 Å². The molecule has 2 N–H and O–H groups in total.